The van der Waals surface area contributed by atoms with E-state index in [1.807, 2.05) is 18.2 Å². The number of hydrogen-bond donors (Lipinski definition) is 3. The molecule has 0 saturated carbocycles. The highest BCUT2D eigenvalue weighted by atomic mass is 16.5. The molecule has 2 aromatic rings. The maximum Gasteiger partial charge on any atom is 0.262 e. The standard InChI is InChI=1S/C15H15N3O2/c19-15-8-20-14-2-1-9(5-13(14)18-15)12-6-10-7-16-4-3-11(10)17-12/h1-2,5-6,16-17H,3-4,7-8H2,(H,18,19). The molecular formula is C15H15N3O2. The summed E-state index contributed by atoms with van der Waals surface area (Å²) in [5.41, 5.74) is 5.51. The summed E-state index contributed by atoms with van der Waals surface area (Å²) >= 11 is 0. The van der Waals surface area contributed by atoms with E-state index >= 15 is 0 Å². The first-order valence-electron chi connectivity index (χ1n) is 6.78. The lowest BCUT2D eigenvalue weighted by Gasteiger charge is -2.18. The summed E-state index contributed by atoms with van der Waals surface area (Å²) in [7, 11) is 0. The number of nitrogens with one attached hydrogen (secondary N) is 3. The number of rotatable bonds is 1. The van der Waals surface area contributed by atoms with E-state index in [1.54, 1.807) is 0 Å². The van der Waals surface area contributed by atoms with E-state index < -0.39 is 0 Å². The molecule has 1 aromatic carbocycles. The summed E-state index contributed by atoms with van der Waals surface area (Å²) in [6, 6.07) is 8.05. The second-order valence-corrected chi connectivity index (χ2v) is 5.16. The Morgan fingerprint density at radius 3 is 3.05 bits per heavy atom. The fraction of sp³-hybridized carbons (Fsp3) is 0.267. The summed E-state index contributed by atoms with van der Waals surface area (Å²) in [5.74, 6) is 0.621. The summed E-state index contributed by atoms with van der Waals surface area (Å²) in [5, 5.41) is 6.21. The molecule has 3 heterocycles. The molecule has 0 bridgehead atoms. The monoisotopic (exact) mass is 269 g/mol. The van der Waals surface area contributed by atoms with Gasteiger partial charge in [-0.3, -0.25) is 4.79 Å². The SMILES string of the molecule is O=C1COc2ccc(-c3cc4c([nH]3)CCNC4)cc2N1. The number of benzene rings is 1. The molecule has 2 aliphatic rings. The van der Waals surface area contributed by atoms with Gasteiger partial charge in [-0.2, -0.15) is 0 Å². The molecule has 4 rings (SSSR count). The molecule has 1 aromatic heterocycles. The van der Waals surface area contributed by atoms with Crippen LogP contribution in [-0.2, 0) is 17.8 Å². The second kappa shape index (κ2) is 4.38. The van der Waals surface area contributed by atoms with Crippen LogP contribution in [0.1, 0.15) is 11.3 Å². The number of anilines is 1. The number of fused-ring (bicyclic) bond motifs is 2. The van der Waals surface area contributed by atoms with E-state index in [2.05, 4.69) is 21.7 Å². The van der Waals surface area contributed by atoms with Crippen LogP contribution in [0.3, 0.4) is 0 Å². The van der Waals surface area contributed by atoms with Gasteiger partial charge in [0.25, 0.3) is 5.91 Å². The van der Waals surface area contributed by atoms with Crippen LogP contribution in [0, 0.1) is 0 Å². The van der Waals surface area contributed by atoms with Crippen molar-refractivity contribution >= 4 is 11.6 Å². The Balaban J connectivity index is 1.73. The van der Waals surface area contributed by atoms with Crippen molar-refractivity contribution in [2.24, 2.45) is 0 Å². The lowest BCUT2D eigenvalue weighted by Crippen LogP contribution is -2.25. The Kier molecular flexibility index (Phi) is 2.53. The molecule has 3 N–H and O–H groups in total. The van der Waals surface area contributed by atoms with Crippen molar-refractivity contribution < 1.29 is 9.53 Å². The van der Waals surface area contributed by atoms with Crippen molar-refractivity contribution in [3.8, 4) is 17.0 Å². The number of hydrogen-bond acceptors (Lipinski definition) is 3. The second-order valence-electron chi connectivity index (χ2n) is 5.16. The topological polar surface area (TPSA) is 66.2 Å². The number of H-pyrrole nitrogens is 1. The fourth-order valence-corrected chi connectivity index (χ4v) is 2.76. The predicted molar refractivity (Wildman–Crippen MR) is 75.8 cm³/mol. The normalized spacial score (nSPS) is 16.9. The zero-order chi connectivity index (χ0) is 13.5. The van der Waals surface area contributed by atoms with E-state index in [4.69, 9.17) is 4.74 Å². The van der Waals surface area contributed by atoms with Crippen molar-refractivity contribution in [3.05, 3.63) is 35.5 Å². The number of ether oxygens (including phenoxy) is 1. The van der Waals surface area contributed by atoms with E-state index in [0.717, 1.165) is 42.2 Å². The van der Waals surface area contributed by atoms with Gasteiger partial charge in [0.1, 0.15) is 5.75 Å². The number of aromatic amines is 1. The molecule has 20 heavy (non-hydrogen) atoms. The van der Waals surface area contributed by atoms with Crippen molar-refractivity contribution in [1.29, 1.82) is 0 Å². The van der Waals surface area contributed by atoms with E-state index in [1.165, 1.54) is 11.3 Å². The van der Waals surface area contributed by atoms with Crippen molar-refractivity contribution in [1.82, 2.24) is 10.3 Å². The molecule has 0 fully saturated rings. The van der Waals surface area contributed by atoms with Gasteiger partial charge in [0.05, 0.1) is 5.69 Å². The van der Waals surface area contributed by atoms with E-state index in [-0.39, 0.29) is 12.5 Å². The van der Waals surface area contributed by atoms with Gasteiger partial charge in [-0.1, -0.05) is 0 Å². The summed E-state index contributed by atoms with van der Waals surface area (Å²) in [6.45, 7) is 2.02. The van der Waals surface area contributed by atoms with Gasteiger partial charge in [-0.05, 0) is 29.8 Å². The molecule has 0 radical (unpaired) electrons. The van der Waals surface area contributed by atoms with Gasteiger partial charge >= 0.3 is 0 Å². The number of aromatic nitrogens is 1. The smallest absolute Gasteiger partial charge is 0.262 e. The summed E-state index contributed by atoms with van der Waals surface area (Å²) in [4.78, 5) is 14.9. The molecule has 0 atom stereocenters. The fourth-order valence-electron chi connectivity index (χ4n) is 2.76. The van der Waals surface area contributed by atoms with Gasteiger partial charge in [-0.15, -0.1) is 0 Å². The average molecular weight is 269 g/mol. The molecule has 5 heteroatoms. The molecule has 5 nitrogen and oxygen atoms in total. The Labute approximate surface area is 116 Å². The third-order valence-electron chi connectivity index (χ3n) is 3.78. The van der Waals surface area contributed by atoms with Gasteiger partial charge in [0.15, 0.2) is 6.61 Å². The van der Waals surface area contributed by atoms with Crippen LogP contribution >= 0.6 is 0 Å². The summed E-state index contributed by atoms with van der Waals surface area (Å²) in [6.07, 6.45) is 1.03. The third kappa shape index (κ3) is 1.87. The van der Waals surface area contributed by atoms with Gasteiger partial charge in [0.2, 0.25) is 0 Å². The molecule has 0 spiro atoms. The highest BCUT2D eigenvalue weighted by Gasteiger charge is 2.18. The molecular weight excluding hydrogens is 254 g/mol. The number of carbonyl (C=O) groups is 1. The molecule has 2 aliphatic heterocycles. The van der Waals surface area contributed by atoms with Gasteiger partial charge in [0, 0.05) is 36.5 Å². The molecule has 0 aliphatic carbocycles. The first-order chi connectivity index (χ1) is 9.79. The zero-order valence-electron chi connectivity index (χ0n) is 11.0. The van der Waals surface area contributed by atoms with Crippen LogP contribution in [0.4, 0.5) is 5.69 Å². The third-order valence-corrected chi connectivity index (χ3v) is 3.78. The Morgan fingerprint density at radius 1 is 1.20 bits per heavy atom. The molecule has 102 valence electrons. The van der Waals surface area contributed by atoms with E-state index in [0.29, 0.717) is 0 Å². The zero-order valence-corrected chi connectivity index (χ0v) is 11.0. The maximum atomic E-state index is 11.4. The first-order valence-corrected chi connectivity index (χ1v) is 6.78. The number of amides is 1. The van der Waals surface area contributed by atoms with Crippen LogP contribution in [0.2, 0.25) is 0 Å². The highest BCUT2D eigenvalue weighted by Crippen LogP contribution is 2.33. The highest BCUT2D eigenvalue weighted by molar-refractivity contribution is 5.96. The van der Waals surface area contributed by atoms with Crippen LogP contribution < -0.4 is 15.4 Å². The predicted octanol–water partition coefficient (Wildman–Crippen LogP) is 1.66. The van der Waals surface area contributed by atoms with Crippen LogP contribution in [0.5, 0.6) is 5.75 Å². The molecule has 0 unspecified atom stereocenters. The lowest BCUT2D eigenvalue weighted by molar-refractivity contribution is -0.118. The molecule has 0 saturated heterocycles. The van der Waals surface area contributed by atoms with Gasteiger partial charge in [-0.25, -0.2) is 0 Å². The van der Waals surface area contributed by atoms with Crippen LogP contribution in [0.25, 0.3) is 11.3 Å². The Hall–Kier alpha value is -2.27. The minimum absolute atomic E-state index is 0.0921. The van der Waals surface area contributed by atoms with E-state index in [9.17, 15) is 4.79 Å². The van der Waals surface area contributed by atoms with Crippen molar-refractivity contribution in [3.63, 3.8) is 0 Å². The first kappa shape index (κ1) is 11.5. The summed E-state index contributed by atoms with van der Waals surface area (Å²) < 4.78 is 5.38. The van der Waals surface area contributed by atoms with Crippen LogP contribution in [0.15, 0.2) is 24.3 Å². The van der Waals surface area contributed by atoms with Gasteiger partial charge < -0.3 is 20.4 Å². The maximum absolute atomic E-state index is 11.4. The Bertz CT molecular complexity index is 667. The Morgan fingerprint density at radius 2 is 2.15 bits per heavy atom. The minimum atomic E-state index is -0.107. The quantitative estimate of drug-likeness (QED) is 0.737. The molecule has 1 amide bonds. The van der Waals surface area contributed by atoms with Crippen molar-refractivity contribution in [2.45, 2.75) is 13.0 Å². The van der Waals surface area contributed by atoms with Crippen LogP contribution in [-0.4, -0.2) is 24.0 Å². The number of carbonyl (C=O) groups excluding carboxylic acids is 1. The average Bonchev–Trinajstić information content (AvgIpc) is 2.90. The van der Waals surface area contributed by atoms with Crippen molar-refractivity contribution in [2.75, 3.05) is 18.5 Å². The largest absolute Gasteiger partial charge is 0.482 e. The minimum Gasteiger partial charge on any atom is -0.482 e. The lowest BCUT2D eigenvalue weighted by atomic mass is 10.1.